The molecule has 0 fully saturated rings. The van der Waals surface area contributed by atoms with E-state index in [2.05, 4.69) is 34.6 Å². The third-order valence-electron chi connectivity index (χ3n) is 2.36. The minimum Gasteiger partial charge on any atom is -0.388 e. The molecule has 5 N–H and O–H groups in total. The second kappa shape index (κ2) is 6.17. The van der Waals surface area contributed by atoms with Gasteiger partial charge in [0.05, 0.1) is 11.8 Å². The fraction of sp³-hybridized carbons (Fsp3) is 0.636. The molecule has 0 amide bonds. The molecule has 0 aliphatic carbocycles. The highest BCUT2D eigenvalue weighted by Gasteiger charge is 2.22. The third kappa shape index (κ3) is 4.64. The molecule has 7 heteroatoms. The second-order valence-electron chi connectivity index (χ2n) is 4.98. The standard InChI is InChI=1S/C11H20ClN5O/c1-7(2)4-11(3,18)6-15-9-8(12)5-14-10(16-9)17-13/h5,7,18H,4,6,13H2,1-3H3,(H2,14,15,16,17). The van der Waals surface area contributed by atoms with Gasteiger partial charge in [-0.1, -0.05) is 25.4 Å². The molecule has 6 nitrogen and oxygen atoms in total. The predicted octanol–water partition coefficient (Wildman–Crippen LogP) is 1.62. The highest BCUT2D eigenvalue weighted by atomic mass is 35.5. The van der Waals surface area contributed by atoms with Gasteiger partial charge in [-0.25, -0.2) is 10.8 Å². The SMILES string of the molecule is CC(C)CC(C)(O)CNc1nc(NN)ncc1Cl. The lowest BCUT2D eigenvalue weighted by molar-refractivity contribution is 0.0515. The summed E-state index contributed by atoms with van der Waals surface area (Å²) in [6.45, 7) is 6.24. The summed E-state index contributed by atoms with van der Waals surface area (Å²) in [6.07, 6.45) is 2.13. The fourth-order valence-corrected chi connectivity index (χ4v) is 1.94. The molecule has 1 atom stereocenters. The van der Waals surface area contributed by atoms with Crippen LogP contribution in [-0.2, 0) is 0 Å². The Labute approximate surface area is 112 Å². The first-order chi connectivity index (χ1) is 8.34. The van der Waals surface area contributed by atoms with Crippen molar-refractivity contribution in [1.82, 2.24) is 9.97 Å². The minimum atomic E-state index is -0.821. The van der Waals surface area contributed by atoms with Gasteiger partial charge in [0.1, 0.15) is 5.02 Å². The molecule has 18 heavy (non-hydrogen) atoms. The summed E-state index contributed by atoms with van der Waals surface area (Å²) in [6, 6.07) is 0. The van der Waals surface area contributed by atoms with Gasteiger partial charge in [0.2, 0.25) is 5.95 Å². The number of hydrogen-bond acceptors (Lipinski definition) is 6. The Morgan fingerprint density at radius 1 is 1.56 bits per heavy atom. The van der Waals surface area contributed by atoms with Crippen LogP contribution in [0.3, 0.4) is 0 Å². The number of anilines is 2. The largest absolute Gasteiger partial charge is 0.388 e. The van der Waals surface area contributed by atoms with Crippen LogP contribution in [0.1, 0.15) is 27.2 Å². The van der Waals surface area contributed by atoms with E-state index in [0.29, 0.717) is 29.7 Å². The fourth-order valence-electron chi connectivity index (χ4n) is 1.79. The number of nitrogens with two attached hydrogens (primary N) is 1. The Morgan fingerprint density at radius 2 is 2.22 bits per heavy atom. The average Bonchev–Trinajstić information content (AvgIpc) is 2.26. The van der Waals surface area contributed by atoms with Gasteiger partial charge in [-0.15, -0.1) is 0 Å². The number of halogens is 1. The first-order valence-electron chi connectivity index (χ1n) is 5.79. The van der Waals surface area contributed by atoms with Gasteiger partial charge in [0, 0.05) is 6.54 Å². The highest BCUT2D eigenvalue weighted by molar-refractivity contribution is 6.32. The van der Waals surface area contributed by atoms with Gasteiger partial charge >= 0.3 is 0 Å². The van der Waals surface area contributed by atoms with Crippen LogP contribution in [0.25, 0.3) is 0 Å². The molecule has 1 rings (SSSR count). The van der Waals surface area contributed by atoms with Crippen molar-refractivity contribution in [3.8, 4) is 0 Å². The average molecular weight is 274 g/mol. The van der Waals surface area contributed by atoms with E-state index in [0.717, 1.165) is 0 Å². The Balaban J connectivity index is 2.67. The van der Waals surface area contributed by atoms with Gasteiger partial charge in [-0.3, -0.25) is 5.43 Å². The molecule has 1 heterocycles. The summed E-state index contributed by atoms with van der Waals surface area (Å²) < 4.78 is 0. The van der Waals surface area contributed by atoms with Gasteiger partial charge in [0.25, 0.3) is 0 Å². The van der Waals surface area contributed by atoms with Crippen molar-refractivity contribution in [3.05, 3.63) is 11.2 Å². The second-order valence-corrected chi connectivity index (χ2v) is 5.39. The molecule has 0 aliphatic heterocycles. The molecular weight excluding hydrogens is 254 g/mol. The predicted molar refractivity (Wildman–Crippen MR) is 73.4 cm³/mol. The molecule has 102 valence electrons. The number of nitrogen functional groups attached to an aromatic ring is 1. The van der Waals surface area contributed by atoms with Crippen LogP contribution in [0, 0.1) is 5.92 Å². The number of hydrogen-bond donors (Lipinski definition) is 4. The van der Waals surface area contributed by atoms with Crippen molar-refractivity contribution in [3.63, 3.8) is 0 Å². The molecule has 0 saturated carbocycles. The quantitative estimate of drug-likeness (QED) is 0.465. The van der Waals surface area contributed by atoms with Crippen molar-refractivity contribution in [2.75, 3.05) is 17.3 Å². The van der Waals surface area contributed by atoms with E-state index < -0.39 is 5.60 Å². The van der Waals surface area contributed by atoms with E-state index in [-0.39, 0.29) is 5.95 Å². The van der Waals surface area contributed by atoms with Crippen LogP contribution in [0.2, 0.25) is 5.02 Å². The zero-order chi connectivity index (χ0) is 13.8. The molecule has 1 aromatic rings. The van der Waals surface area contributed by atoms with Crippen molar-refractivity contribution >= 4 is 23.4 Å². The number of nitrogens with zero attached hydrogens (tertiary/aromatic N) is 2. The van der Waals surface area contributed by atoms with Crippen LogP contribution < -0.4 is 16.6 Å². The van der Waals surface area contributed by atoms with Crippen molar-refractivity contribution < 1.29 is 5.11 Å². The summed E-state index contributed by atoms with van der Waals surface area (Å²) >= 11 is 5.95. The lowest BCUT2D eigenvalue weighted by Crippen LogP contribution is -2.35. The maximum absolute atomic E-state index is 10.2. The van der Waals surface area contributed by atoms with E-state index in [4.69, 9.17) is 17.4 Å². The maximum Gasteiger partial charge on any atom is 0.239 e. The van der Waals surface area contributed by atoms with Gasteiger partial charge in [-0.05, 0) is 19.3 Å². The molecule has 0 radical (unpaired) electrons. The Morgan fingerprint density at radius 3 is 2.78 bits per heavy atom. The van der Waals surface area contributed by atoms with Crippen LogP contribution in [-0.4, -0.2) is 27.2 Å². The van der Waals surface area contributed by atoms with Crippen molar-refractivity contribution in [2.24, 2.45) is 11.8 Å². The topological polar surface area (TPSA) is 96.1 Å². The number of rotatable bonds is 6. The first-order valence-corrected chi connectivity index (χ1v) is 6.17. The summed E-state index contributed by atoms with van der Waals surface area (Å²) in [7, 11) is 0. The van der Waals surface area contributed by atoms with E-state index in [1.165, 1.54) is 6.20 Å². The van der Waals surface area contributed by atoms with Gasteiger partial charge in [0.15, 0.2) is 5.82 Å². The van der Waals surface area contributed by atoms with Crippen LogP contribution in [0.4, 0.5) is 11.8 Å². The molecule has 0 aromatic carbocycles. The summed E-state index contributed by atoms with van der Waals surface area (Å²) in [5.41, 5.74) is 1.52. The van der Waals surface area contributed by atoms with Crippen LogP contribution >= 0.6 is 11.6 Å². The van der Waals surface area contributed by atoms with E-state index in [1.807, 2.05) is 0 Å². The van der Waals surface area contributed by atoms with Gasteiger partial charge in [-0.2, -0.15) is 4.98 Å². The van der Waals surface area contributed by atoms with Crippen molar-refractivity contribution in [2.45, 2.75) is 32.8 Å². The number of aliphatic hydroxyl groups is 1. The highest BCUT2D eigenvalue weighted by Crippen LogP contribution is 2.22. The smallest absolute Gasteiger partial charge is 0.239 e. The first kappa shape index (κ1) is 14.9. The van der Waals surface area contributed by atoms with E-state index >= 15 is 0 Å². The molecular formula is C11H20ClN5O. The Bertz CT molecular complexity index is 397. The van der Waals surface area contributed by atoms with Crippen molar-refractivity contribution in [1.29, 1.82) is 0 Å². The zero-order valence-corrected chi connectivity index (χ0v) is 11.6. The molecule has 0 saturated heterocycles. The monoisotopic (exact) mass is 273 g/mol. The van der Waals surface area contributed by atoms with Crippen LogP contribution in [0.5, 0.6) is 0 Å². The Hall–Kier alpha value is -1.11. The lowest BCUT2D eigenvalue weighted by Gasteiger charge is -2.26. The maximum atomic E-state index is 10.2. The zero-order valence-electron chi connectivity index (χ0n) is 10.9. The van der Waals surface area contributed by atoms with Crippen LogP contribution in [0.15, 0.2) is 6.20 Å². The molecule has 1 unspecified atom stereocenters. The molecule has 0 bridgehead atoms. The number of hydrazine groups is 1. The molecule has 0 spiro atoms. The number of aromatic nitrogens is 2. The molecule has 0 aliphatic rings. The van der Waals surface area contributed by atoms with Gasteiger partial charge < -0.3 is 10.4 Å². The van der Waals surface area contributed by atoms with E-state index in [9.17, 15) is 5.11 Å². The third-order valence-corrected chi connectivity index (χ3v) is 2.63. The lowest BCUT2D eigenvalue weighted by atomic mass is 9.94. The van der Waals surface area contributed by atoms with E-state index in [1.54, 1.807) is 6.92 Å². The Kier molecular flexibility index (Phi) is 5.13. The minimum absolute atomic E-state index is 0.269. The summed E-state index contributed by atoms with van der Waals surface area (Å²) in [5.74, 6) is 6.34. The normalized spacial score (nSPS) is 14.4. The summed E-state index contributed by atoms with van der Waals surface area (Å²) in [4.78, 5) is 7.94. The number of nitrogens with one attached hydrogen (secondary N) is 2. The summed E-state index contributed by atoms with van der Waals surface area (Å²) in [5, 5.41) is 13.6. The molecule has 1 aromatic heterocycles.